The zero-order chi connectivity index (χ0) is 23.1. The molecule has 4 nitrogen and oxygen atoms in total. The SMILES string of the molecule is COC(=O)C(C[C@H](CB(C)O)Cc1ccc(-c2cc(Cl)ccc2F)cc1)c1ccccn1. The molecule has 0 bridgehead atoms. The average molecular weight is 454 g/mol. The molecule has 2 aromatic carbocycles. The van der Waals surface area contributed by atoms with Gasteiger partial charge in [0.2, 0.25) is 0 Å². The highest BCUT2D eigenvalue weighted by atomic mass is 35.5. The third-order valence-corrected chi connectivity index (χ3v) is 5.73. The van der Waals surface area contributed by atoms with E-state index in [1.807, 2.05) is 36.4 Å². The van der Waals surface area contributed by atoms with E-state index in [1.165, 1.54) is 19.2 Å². The largest absolute Gasteiger partial charge is 0.469 e. The van der Waals surface area contributed by atoms with Gasteiger partial charge in [0.05, 0.1) is 18.7 Å². The molecule has 0 saturated heterocycles. The molecule has 0 radical (unpaired) electrons. The van der Waals surface area contributed by atoms with Crippen LogP contribution in [0.2, 0.25) is 18.2 Å². The van der Waals surface area contributed by atoms with Crippen molar-refractivity contribution >= 4 is 24.5 Å². The van der Waals surface area contributed by atoms with Crippen molar-refractivity contribution in [2.24, 2.45) is 5.92 Å². The third-order valence-electron chi connectivity index (χ3n) is 5.49. The highest BCUT2D eigenvalue weighted by Gasteiger charge is 2.28. The van der Waals surface area contributed by atoms with Crippen LogP contribution in [0.15, 0.2) is 66.9 Å². The number of hydrogen-bond acceptors (Lipinski definition) is 4. The van der Waals surface area contributed by atoms with Gasteiger partial charge in [-0.1, -0.05) is 48.8 Å². The smallest absolute Gasteiger partial charge is 0.314 e. The summed E-state index contributed by atoms with van der Waals surface area (Å²) in [6.07, 6.45) is 3.34. The Kier molecular flexibility index (Phi) is 8.42. The number of ether oxygens (including phenoxy) is 1. The Morgan fingerprint density at radius 3 is 2.56 bits per heavy atom. The van der Waals surface area contributed by atoms with Crippen LogP contribution >= 0.6 is 11.6 Å². The van der Waals surface area contributed by atoms with Gasteiger partial charge in [0.15, 0.2) is 0 Å². The molecule has 3 aromatic rings. The molecule has 0 saturated carbocycles. The third kappa shape index (κ3) is 6.41. The molecule has 0 amide bonds. The van der Waals surface area contributed by atoms with Crippen LogP contribution in [0.3, 0.4) is 0 Å². The Hall–Kier alpha value is -2.70. The minimum atomic E-state index is -0.512. The molecule has 1 aromatic heterocycles. The van der Waals surface area contributed by atoms with Crippen LogP contribution in [-0.2, 0) is 16.0 Å². The molecule has 0 aliphatic heterocycles. The second-order valence-electron chi connectivity index (χ2n) is 8.04. The lowest BCUT2D eigenvalue weighted by Crippen LogP contribution is -2.23. The average Bonchev–Trinajstić information content (AvgIpc) is 2.79. The van der Waals surface area contributed by atoms with E-state index < -0.39 is 12.8 Å². The summed E-state index contributed by atoms with van der Waals surface area (Å²) in [4.78, 5) is 16.8. The molecular weight excluding hydrogens is 428 g/mol. The predicted molar refractivity (Wildman–Crippen MR) is 126 cm³/mol. The summed E-state index contributed by atoms with van der Waals surface area (Å²) < 4.78 is 19.2. The predicted octanol–water partition coefficient (Wildman–Crippen LogP) is 5.66. The van der Waals surface area contributed by atoms with Gasteiger partial charge in [0.25, 0.3) is 6.92 Å². The second-order valence-corrected chi connectivity index (χ2v) is 8.48. The van der Waals surface area contributed by atoms with E-state index in [1.54, 1.807) is 25.2 Å². The second kappa shape index (κ2) is 11.3. The van der Waals surface area contributed by atoms with Crippen molar-refractivity contribution in [1.82, 2.24) is 4.98 Å². The van der Waals surface area contributed by atoms with E-state index in [9.17, 15) is 14.2 Å². The molecule has 0 spiro atoms. The summed E-state index contributed by atoms with van der Waals surface area (Å²) in [6.45, 7) is 1.23. The molecule has 0 aliphatic carbocycles. The van der Waals surface area contributed by atoms with E-state index in [4.69, 9.17) is 16.3 Å². The van der Waals surface area contributed by atoms with E-state index in [0.717, 1.165) is 11.1 Å². The summed E-state index contributed by atoms with van der Waals surface area (Å²) in [5.41, 5.74) is 2.88. The number of halogens is 2. The van der Waals surface area contributed by atoms with Crippen LogP contribution in [-0.4, -0.2) is 30.0 Å². The highest BCUT2D eigenvalue weighted by molar-refractivity contribution is 6.48. The first-order valence-electron chi connectivity index (χ1n) is 10.6. The van der Waals surface area contributed by atoms with E-state index >= 15 is 0 Å². The summed E-state index contributed by atoms with van der Waals surface area (Å²) in [5, 5.41) is 10.5. The quantitative estimate of drug-likeness (QED) is 0.335. The Bertz CT molecular complexity index is 1030. The molecular formula is C25H26BClFNO3. The standard InChI is InChI=1S/C25H26BClFNO3/c1-26(31)16-18(14-22(25(30)32-2)24-5-3-4-12-29-24)13-17-6-8-19(9-7-17)21-15-20(27)10-11-23(21)28/h3-12,15,18,22,31H,13-14,16H2,1-2H3/t18-,22?/m1/s1. The van der Waals surface area contributed by atoms with Crippen LogP contribution in [0, 0.1) is 11.7 Å². The fraction of sp³-hybridized carbons (Fsp3) is 0.280. The van der Waals surface area contributed by atoms with Crippen LogP contribution in [0.25, 0.3) is 11.1 Å². The molecule has 1 N–H and O–H groups in total. The molecule has 1 heterocycles. The molecule has 2 atom stereocenters. The first-order valence-corrected chi connectivity index (χ1v) is 11.0. The molecule has 7 heteroatoms. The lowest BCUT2D eigenvalue weighted by molar-refractivity contribution is -0.143. The highest BCUT2D eigenvalue weighted by Crippen LogP contribution is 2.31. The number of rotatable bonds is 9. The van der Waals surface area contributed by atoms with Crippen LogP contribution in [0.5, 0.6) is 0 Å². The molecule has 1 unspecified atom stereocenters. The number of hydrogen-bond donors (Lipinski definition) is 1. The maximum atomic E-state index is 14.2. The fourth-order valence-corrected chi connectivity index (χ4v) is 4.19. The van der Waals surface area contributed by atoms with Crippen molar-refractivity contribution in [3.63, 3.8) is 0 Å². The van der Waals surface area contributed by atoms with E-state index in [2.05, 4.69) is 4.98 Å². The minimum Gasteiger partial charge on any atom is -0.469 e. The van der Waals surface area contributed by atoms with Gasteiger partial charge < -0.3 is 9.76 Å². The van der Waals surface area contributed by atoms with Gasteiger partial charge in [-0.25, -0.2) is 4.39 Å². The number of esters is 1. The lowest BCUT2D eigenvalue weighted by atomic mass is 9.61. The zero-order valence-corrected chi connectivity index (χ0v) is 18.9. The monoisotopic (exact) mass is 453 g/mol. The first-order chi connectivity index (χ1) is 15.4. The van der Waals surface area contributed by atoms with Gasteiger partial charge in [-0.15, -0.1) is 0 Å². The van der Waals surface area contributed by atoms with Crippen LogP contribution < -0.4 is 0 Å². The Labute approximate surface area is 193 Å². The van der Waals surface area contributed by atoms with Gasteiger partial charge in [0, 0.05) is 16.8 Å². The van der Waals surface area contributed by atoms with Gasteiger partial charge in [-0.2, -0.15) is 0 Å². The summed E-state index contributed by atoms with van der Waals surface area (Å²) >= 11 is 6.02. The van der Waals surface area contributed by atoms with Crippen molar-refractivity contribution in [2.75, 3.05) is 7.11 Å². The van der Waals surface area contributed by atoms with Crippen molar-refractivity contribution in [3.05, 3.63) is 89.0 Å². The molecule has 0 aliphatic rings. The maximum absolute atomic E-state index is 14.2. The Morgan fingerprint density at radius 1 is 1.19 bits per heavy atom. The number of methoxy groups -OCH3 is 1. The van der Waals surface area contributed by atoms with Crippen LogP contribution in [0.1, 0.15) is 23.6 Å². The van der Waals surface area contributed by atoms with Gasteiger partial charge in [-0.3, -0.25) is 9.78 Å². The molecule has 166 valence electrons. The number of aromatic nitrogens is 1. The van der Waals surface area contributed by atoms with Gasteiger partial charge in [0.1, 0.15) is 5.82 Å². The van der Waals surface area contributed by atoms with Gasteiger partial charge in [-0.05, 0) is 66.5 Å². The molecule has 32 heavy (non-hydrogen) atoms. The van der Waals surface area contributed by atoms with Crippen molar-refractivity contribution < 1.29 is 18.9 Å². The number of benzene rings is 2. The molecule has 0 fully saturated rings. The minimum absolute atomic E-state index is 0.0230. The van der Waals surface area contributed by atoms with E-state index in [0.29, 0.717) is 35.4 Å². The number of pyridine rings is 1. The number of carbonyl (C=O) groups is 1. The van der Waals surface area contributed by atoms with Gasteiger partial charge >= 0.3 is 5.97 Å². The summed E-state index contributed by atoms with van der Waals surface area (Å²) in [7, 11) is 1.37. The first kappa shape index (κ1) is 24.0. The Morgan fingerprint density at radius 2 is 1.94 bits per heavy atom. The van der Waals surface area contributed by atoms with Crippen molar-refractivity contribution in [2.45, 2.75) is 31.9 Å². The summed E-state index contributed by atoms with van der Waals surface area (Å²) in [5.74, 6) is -1.16. The normalized spacial score (nSPS) is 12.8. The maximum Gasteiger partial charge on any atom is 0.314 e. The van der Waals surface area contributed by atoms with Crippen LogP contribution in [0.4, 0.5) is 4.39 Å². The number of nitrogens with zero attached hydrogens (tertiary/aromatic N) is 1. The topological polar surface area (TPSA) is 59.4 Å². The van der Waals surface area contributed by atoms with Crippen molar-refractivity contribution in [1.29, 1.82) is 0 Å². The van der Waals surface area contributed by atoms with Crippen molar-refractivity contribution in [3.8, 4) is 11.1 Å². The fourth-order valence-electron chi connectivity index (χ4n) is 4.01. The zero-order valence-electron chi connectivity index (χ0n) is 18.2. The lowest BCUT2D eigenvalue weighted by Gasteiger charge is -2.22. The number of carbonyl (C=O) groups excluding carboxylic acids is 1. The molecule has 3 rings (SSSR count). The summed E-state index contributed by atoms with van der Waals surface area (Å²) in [6, 6.07) is 17.6. The Balaban J connectivity index is 1.80. The van der Waals surface area contributed by atoms with E-state index in [-0.39, 0.29) is 17.7 Å².